The summed E-state index contributed by atoms with van der Waals surface area (Å²) in [6.45, 7) is 6.14. The standard InChI is InChI=1S/C17H21ClN2O6/c1-17(2,3)26-16(22)19-8-11(9-19)12-5-10(6-15(21)25-4)14(20(23)24)7-13(12)18/h5,7,11H,6,8-9H2,1-4H3. The largest absolute Gasteiger partial charge is 0.469 e. The quantitative estimate of drug-likeness (QED) is 0.448. The highest BCUT2D eigenvalue weighted by atomic mass is 35.5. The summed E-state index contributed by atoms with van der Waals surface area (Å²) >= 11 is 6.20. The predicted octanol–water partition coefficient (Wildman–Crippen LogP) is 3.30. The van der Waals surface area contributed by atoms with E-state index in [0.717, 1.165) is 0 Å². The molecule has 1 amide bonds. The van der Waals surface area contributed by atoms with Crippen LogP contribution in [-0.2, 0) is 20.7 Å². The number of nitrogens with zero attached hydrogens (tertiary/aromatic N) is 2. The molecular weight excluding hydrogens is 364 g/mol. The zero-order valence-corrected chi connectivity index (χ0v) is 15.8. The van der Waals surface area contributed by atoms with Crippen molar-refractivity contribution in [2.75, 3.05) is 20.2 Å². The van der Waals surface area contributed by atoms with Crippen molar-refractivity contribution in [3.63, 3.8) is 0 Å². The van der Waals surface area contributed by atoms with Crippen LogP contribution in [0.4, 0.5) is 10.5 Å². The minimum Gasteiger partial charge on any atom is -0.469 e. The number of nitro groups is 1. The third-order valence-corrected chi connectivity index (χ3v) is 4.26. The maximum atomic E-state index is 12.0. The van der Waals surface area contributed by atoms with Gasteiger partial charge in [-0.15, -0.1) is 0 Å². The Bertz CT molecular complexity index is 738. The molecule has 1 fully saturated rings. The van der Waals surface area contributed by atoms with Crippen molar-refractivity contribution in [1.29, 1.82) is 0 Å². The fourth-order valence-electron chi connectivity index (χ4n) is 2.63. The molecule has 0 unspecified atom stereocenters. The molecule has 9 heteroatoms. The fourth-order valence-corrected chi connectivity index (χ4v) is 2.94. The molecule has 1 aliphatic rings. The number of ether oxygens (including phenoxy) is 2. The van der Waals surface area contributed by atoms with Gasteiger partial charge in [0.2, 0.25) is 0 Å². The predicted molar refractivity (Wildman–Crippen MR) is 94.4 cm³/mol. The molecule has 1 aliphatic heterocycles. The van der Waals surface area contributed by atoms with E-state index >= 15 is 0 Å². The van der Waals surface area contributed by atoms with Crippen LogP contribution in [0.5, 0.6) is 0 Å². The highest BCUT2D eigenvalue weighted by Crippen LogP contribution is 2.37. The van der Waals surface area contributed by atoms with Gasteiger partial charge >= 0.3 is 12.1 Å². The molecule has 0 aliphatic carbocycles. The molecule has 0 bridgehead atoms. The maximum Gasteiger partial charge on any atom is 0.410 e. The molecular formula is C17H21ClN2O6. The second-order valence-corrected chi connectivity index (χ2v) is 7.50. The molecule has 26 heavy (non-hydrogen) atoms. The van der Waals surface area contributed by atoms with Crippen molar-refractivity contribution >= 4 is 29.4 Å². The molecule has 0 spiro atoms. The first-order valence-corrected chi connectivity index (χ1v) is 8.41. The van der Waals surface area contributed by atoms with E-state index in [4.69, 9.17) is 16.3 Å². The monoisotopic (exact) mass is 384 g/mol. The van der Waals surface area contributed by atoms with Crippen LogP contribution in [0.15, 0.2) is 12.1 Å². The molecule has 2 rings (SSSR count). The fraction of sp³-hybridized carbons (Fsp3) is 0.529. The highest BCUT2D eigenvalue weighted by Gasteiger charge is 2.36. The third kappa shape index (κ3) is 4.63. The van der Waals surface area contributed by atoms with Crippen molar-refractivity contribution in [2.45, 2.75) is 38.7 Å². The number of likely N-dealkylation sites (tertiary alicyclic amines) is 1. The van der Waals surface area contributed by atoms with E-state index in [2.05, 4.69) is 4.74 Å². The van der Waals surface area contributed by atoms with Crippen LogP contribution in [-0.4, -0.2) is 47.7 Å². The first-order valence-electron chi connectivity index (χ1n) is 8.03. The van der Waals surface area contributed by atoms with Crippen LogP contribution in [0.1, 0.15) is 37.8 Å². The Balaban J connectivity index is 2.18. The Hall–Kier alpha value is -2.35. The third-order valence-electron chi connectivity index (χ3n) is 3.93. The van der Waals surface area contributed by atoms with Gasteiger partial charge in [0.25, 0.3) is 5.69 Å². The maximum absolute atomic E-state index is 12.0. The summed E-state index contributed by atoms with van der Waals surface area (Å²) in [5.74, 6) is -0.655. The first-order chi connectivity index (χ1) is 12.0. The lowest BCUT2D eigenvalue weighted by atomic mass is 9.89. The van der Waals surface area contributed by atoms with E-state index in [0.29, 0.717) is 18.7 Å². The average Bonchev–Trinajstić information content (AvgIpc) is 2.46. The van der Waals surface area contributed by atoms with Gasteiger partial charge in [-0.3, -0.25) is 14.9 Å². The molecule has 1 aromatic carbocycles. The van der Waals surface area contributed by atoms with E-state index < -0.39 is 22.6 Å². The van der Waals surface area contributed by atoms with E-state index in [9.17, 15) is 19.7 Å². The van der Waals surface area contributed by atoms with Gasteiger partial charge in [-0.2, -0.15) is 0 Å². The van der Waals surface area contributed by atoms with Crippen molar-refractivity contribution in [3.05, 3.63) is 38.4 Å². The zero-order chi connectivity index (χ0) is 19.6. The lowest BCUT2D eigenvalue weighted by Crippen LogP contribution is -2.50. The van der Waals surface area contributed by atoms with Gasteiger partial charge in [0.15, 0.2) is 0 Å². The smallest absolute Gasteiger partial charge is 0.410 e. The van der Waals surface area contributed by atoms with Crippen molar-refractivity contribution < 1.29 is 24.0 Å². The SMILES string of the molecule is COC(=O)Cc1cc(C2CN(C(=O)OC(C)(C)C)C2)c(Cl)cc1[N+](=O)[O-]. The lowest BCUT2D eigenvalue weighted by Gasteiger charge is -2.40. The summed E-state index contributed by atoms with van der Waals surface area (Å²) in [7, 11) is 1.22. The van der Waals surface area contributed by atoms with Crippen LogP contribution >= 0.6 is 11.6 Å². The minimum absolute atomic E-state index is 0.0766. The number of rotatable bonds is 4. The Kier molecular flexibility index (Phi) is 5.75. The summed E-state index contributed by atoms with van der Waals surface area (Å²) < 4.78 is 9.89. The minimum atomic E-state index is -0.582. The van der Waals surface area contributed by atoms with Crippen molar-refractivity contribution in [1.82, 2.24) is 4.90 Å². The number of carbonyl (C=O) groups is 2. The first kappa shape index (κ1) is 20.0. The van der Waals surface area contributed by atoms with Crippen molar-refractivity contribution in [2.24, 2.45) is 0 Å². The van der Waals surface area contributed by atoms with Gasteiger partial charge in [0, 0.05) is 30.6 Å². The summed E-state index contributed by atoms with van der Waals surface area (Å²) in [4.78, 5) is 35.7. The Labute approximate surface area is 156 Å². The second kappa shape index (κ2) is 7.49. The van der Waals surface area contributed by atoms with E-state index in [-0.39, 0.29) is 28.6 Å². The molecule has 1 saturated heterocycles. The Morgan fingerprint density at radius 2 is 1.96 bits per heavy atom. The van der Waals surface area contributed by atoms with Crippen LogP contribution < -0.4 is 0 Å². The molecule has 8 nitrogen and oxygen atoms in total. The van der Waals surface area contributed by atoms with Crippen LogP contribution in [0.25, 0.3) is 0 Å². The van der Waals surface area contributed by atoms with Gasteiger partial charge in [-0.05, 0) is 32.4 Å². The molecule has 142 valence electrons. The zero-order valence-electron chi connectivity index (χ0n) is 15.1. The Morgan fingerprint density at radius 3 is 2.46 bits per heavy atom. The van der Waals surface area contributed by atoms with Gasteiger partial charge in [-0.1, -0.05) is 11.6 Å². The molecule has 0 saturated carbocycles. The number of amides is 1. The molecule has 1 aromatic rings. The summed E-state index contributed by atoms with van der Waals surface area (Å²) in [5.41, 5.74) is 0.0846. The number of halogens is 1. The van der Waals surface area contributed by atoms with Crippen LogP contribution in [0.3, 0.4) is 0 Å². The average molecular weight is 385 g/mol. The molecule has 1 heterocycles. The topological polar surface area (TPSA) is 99.0 Å². The summed E-state index contributed by atoms with van der Waals surface area (Å²) in [6.07, 6.45) is -0.638. The van der Waals surface area contributed by atoms with E-state index in [1.54, 1.807) is 26.8 Å². The van der Waals surface area contributed by atoms with Crippen LogP contribution in [0, 0.1) is 10.1 Å². The van der Waals surface area contributed by atoms with Gasteiger partial charge in [0.05, 0.1) is 23.5 Å². The molecule has 0 atom stereocenters. The normalized spacial score (nSPS) is 14.6. The van der Waals surface area contributed by atoms with Gasteiger partial charge in [0.1, 0.15) is 5.60 Å². The van der Waals surface area contributed by atoms with E-state index in [1.807, 2.05) is 0 Å². The van der Waals surface area contributed by atoms with Crippen molar-refractivity contribution in [3.8, 4) is 0 Å². The van der Waals surface area contributed by atoms with Gasteiger partial charge in [-0.25, -0.2) is 4.79 Å². The lowest BCUT2D eigenvalue weighted by molar-refractivity contribution is -0.385. The number of hydrogen-bond acceptors (Lipinski definition) is 6. The number of hydrogen-bond donors (Lipinski definition) is 0. The number of esters is 1. The summed E-state index contributed by atoms with van der Waals surface area (Å²) in [6, 6.07) is 2.79. The number of methoxy groups -OCH3 is 1. The number of nitro benzene ring substituents is 1. The molecule has 0 N–H and O–H groups in total. The molecule has 0 aromatic heterocycles. The second-order valence-electron chi connectivity index (χ2n) is 7.09. The number of benzene rings is 1. The van der Waals surface area contributed by atoms with Crippen LogP contribution in [0.2, 0.25) is 5.02 Å². The number of carbonyl (C=O) groups excluding carboxylic acids is 2. The Morgan fingerprint density at radius 1 is 1.35 bits per heavy atom. The molecule has 0 radical (unpaired) electrons. The highest BCUT2D eigenvalue weighted by molar-refractivity contribution is 6.31. The summed E-state index contributed by atoms with van der Waals surface area (Å²) in [5, 5.41) is 11.4. The van der Waals surface area contributed by atoms with Gasteiger partial charge < -0.3 is 14.4 Å². The van der Waals surface area contributed by atoms with E-state index in [1.165, 1.54) is 18.1 Å².